The normalized spacial score (nSPS) is 20.4. The molecule has 1 aliphatic heterocycles. The van der Waals surface area contributed by atoms with Gasteiger partial charge < -0.3 is 40.3 Å². The van der Waals surface area contributed by atoms with Gasteiger partial charge in [-0.25, -0.2) is 0 Å². The number of rotatable bonds is 45. The van der Waals surface area contributed by atoms with E-state index in [0.717, 1.165) is 77.0 Å². The number of hydrogen-bond acceptors (Lipinski definition) is 8. The van der Waals surface area contributed by atoms with Crippen LogP contribution in [0.3, 0.4) is 0 Å². The van der Waals surface area contributed by atoms with E-state index in [-0.39, 0.29) is 12.5 Å². The molecule has 1 heterocycles. The van der Waals surface area contributed by atoms with Crippen LogP contribution in [0.4, 0.5) is 0 Å². The number of amides is 1. The molecule has 7 atom stereocenters. The van der Waals surface area contributed by atoms with E-state index in [1.54, 1.807) is 6.08 Å². The third-order valence-electron chi connectivity index (χ3n) is 12.4. The Morgan fingerprint density at radius 2 is 0.926 bits per heavy atom. The Morgan fingerprint density at radius 3 is 1.41 bits per heavy atom. The summed E-state index contributed by atoms with van der Waals surface area (Å²) in [5.41, 5.74) is 0. The van der Waals surface area contributed by atoms with Crippen molar-refractivity contribution in [3.8, 4) is 0 Å². The molecule has 0 aromatic heterocycles. The van der Waals surface area contributed by atoms with Crippen molar-refractivity contribution in [1.82, 2.24) is 5.32 Å². The second-order valence-electron chi connectivity index (χ2n) is 18.6. The summed E-state index contributed by atoms with van der Waals surface area (Å²) < 4.78 is 11.2. The van der Waals surface area contributed by atoms with Crippen LogP contribution in [0, 0.1) is 0 Å². The third-order valence-corrected chi connectivity index (χ3v) is 12.4. The third kappa shape index (κ3) is 37.0. The molecule has 68 heavy (non-hydrogen) atoms. The summed E-state index contributed by atoms with van der Waals surface area (Å²) in [5.74, 6) is -0.192. The molecule has 6 N–H and O–H groups in total. The summed E-state index contributed by atoms with van der Waals surface area (Å²) in [5, 5.41) is 54.3. The van der Waals surface area contributed by atoms with Gasteiger partial charge in [0.1, 0.15) is 24.4 Å². The zero-order chi connectivity index (χ0) is 49.4. The summed E-state index contributed by atoms with van der Waals surface area (Å²) in [4.78, 5) is 13.0. The van der Waals surface area contributed by atoms with Crippen molar-refractivity contribution < 1.29 is 39.8 Å². The summed E-state index contributed by atoms with van der Waals surface area (Å²) in [6.07, 6.45) is 61.9. The smallest absolute Gasteiger partial charge is 0.220 e. The van der Waals surface area contributed by atoms with Gasteiger partial charge in [0.05, 0.1) is 25.4 Å². The van der Waals surface area contributed by atoms with Crippen LogP contribution in [0.15, 0.2) is 97.2 Å². The number of nitrogens with one attached hydrogen (secondary N) is 1. The fourth-order valence-electron chi connectivity index (χ4n) is 8.06. The fraction of sp³-hybridized carbons (Fsp3) is 0.712. The Balaban J connectivity index is 2.16. The first-order valence-corrected chi connectivity index (χ1v) is 27.5. The van der Waals surface area contributed by atoms with E-state index in [2.05, 4.69) is 104 Å². The molecule has 0 bridgehead atoms. The molecule has 1 aliphatic rings. The Hall–Kier alpha value is -2.89. The molecule has 0 aromatic carbocycles. The molecular weight excluding hydrogens is 851 g/mol. The second kappa shape index (κ2) is 47.8. The van der Waals surface area contributed by atoms with E-state index in [4.69, 9.17) is 9.47 Å². The number of allylic oxidation sites excluding steroid dienone is 15. The Bertz CT molecular complexity index is 1380. The molecule has 390 valence electrons. The van der Waals surface area contributed by atoms with Crippen LogP contribution in [0.25, 0.3) is 0 Å². The average molecular weight is 952 g/mol. The molecule has 0 aromatic rings. The number of carbonyl (C=O) groups excluding carboxylic acids is 1. The van der Waals surface area contributed by atoms with E-state index >= 15 is 0 Å². The van der Waals surface area contributed by atoms with Crippen molar-refractivity contribution >= 4 is 5.91 Å². The summed E-state index contributed by atoms with van der Waals surface area (Å²) in [6.45, 7) is 3.62. The van der Waals surface area contributed by atoms with Crippen molar-refractivity contribution in [3.63, 3.8) is 0 Å². The zero-order valence-electron chi connectivity index (χ0n) is 43.1. The highest BCUT2D eigenvalue weighted by Gasteiger charge is 2.44. The first-order chi connectivity index (χ1) is 33.3. The predicted octanol–water partition coefficient (Wildman–Crippen LogP) is 13.2. The van der Waals surface area contributed by atoms with Crippen LogP contribution in [0.5, 0.6) is 0 Å². The SMILES string of the molecule is CC/C=C\C/C=C\C/C=C\C/C=C\C/C=C\C/C=C\CCCCCCCCCCCCCCCCC(=O)NC(COC1OC(CO)C(O)C(O)C1O)C(O)/C=C/CC/C=C/CCCCCCCC. The first-order valence-electron chi connectivity index (χ1n) is 27.5. The molecule has 0 spiro atoms. The Labute approximate surface area is 415 Å². The van der Waals surface area contributed by atoms with Gasteiger partial charge in [-0.3, -0.25) is 4.79 Å². The number of unbranched alkanes of at least 4 members (excludes halogenated alkanes) is 21. The van der Waals surface area contributed by atoms with E-state index in [0.29, 0.717) is 6.42 Å². The summed E-state index contributed by atoms with van der Waals surface area (Å²) in [6, 6.07) is -0.826. The van der Waals surface area contributed by atoms with Crippen LogP contribution < -0.4 is 5.32 Å². The number of aliphatic hydroxyl groups is 5. The second-order valence-corrected chi connectivity index (χ2v) is 18.6. The largest absolute Gasteiger partial charge is 0.394 e. The van der Waals surface area contributed by atoms with Gasteiger partial charge in [-0.1, -0.05) is 220 Å². The lowest BCUT2D eigenvalue weighted by atomic mass is 9.99. The molecule has 0 saturated carbocycles. The number of hydrogen-bond donors (Lipinski definition) is 6. The molecule has 1 saturated heterocycles. The Morgan fingerprint density at radius 1 is 0.515 bits per heavy atom. The highest BCUT2D eigenvalue weighted by molar-refractivity contribution is 5.76. The van der Waals surface area contributed by atoms with Crippen molar-refractivity contribution in [2.75, 3.05) is 13.2 Å². The van der Waals surface area contributed by atoms with Crippen molar-refractivity contribution in [2.24, 2.45) is 0 Å². The van der Waals surface area contributed by atoms with Gasteiger partial charge in [0, 0.05) is 6.42 Å². The lowest BCUT2D eigenvalue weighted by Gasteiger charge is -2.40. The fourth-order valence-corrected chi connectivity index (χ4v) is 8.06. The van der Waals surface area contributed by atoms with Gasteiger partial charge in [0.2, 0.25) is 5.91 Å². The van der Waals surface area contributed by atoms with Gasteiger partial charge in [-0.15, -0.1) is 0 Å². The lowest BCUT2D eigenvalue weighted by molar-refractivity contribution is -0.302. The average Bonchev–Trinajstić information content (AvgIpc) is 3.34. The molecular formula is C59H101NO8. The molecule has 9 heteroatoms. The molecule has 1 amide bonds. The predicted molar refractivity (Wildman–Crippen MR) is 285 cm³/mol. The molecule has 1 fully saturated rings. The van der Waals surface area contributed by atoms with Gasteiger partial charge >= 0.3 is 0 Å². The minimum Gasteiger partial charge on any atom is -0.394 e. The van der Waals surface area contributed by atoms with E-state index in [1.807, 2.05) is 6.08 Å². The topological polar surface area (TPSA) is 149 Å². The maximum Gasteiger partial charge on any atom is 0.220 e. The van der Waals surface area contributed by atoms with Gasteiger partial charge in [0.25, 0.3) is 0 Å². The zero-order valence-corrected chi connectivity index (χ0v) is 43.1. The van der Waals surface area contributed by atoms with Crippen LogP contribution >= 0.6 is 0 Å². The van der Waals surface area contributed by atoms with Crippen LogP contribution in [-0.4, -0.2) is 87.5 Å². The minimum atomic E-state index is -1.57. The number of ether oxygens (including phenoxy) is 2. The molecule has 1 rings (SSSR count). The number of aliphatic hydroxyl groups excluding tert-OH is 5. The minimum absolute atomic E-state index is 0.192. The summed E-state index contributed by atoms with van der Waals surface area (Å²) in [7, 11) is 0. The number of carbonyl (C=O) groups is 1. The maximum atomic E-state index is 13.0. The lowest BCUT2D eigenvalue weighted by Crippen LogP contribution is -2.60. The highest BCUT2D eigenvalue weighted by atomic mass is 16.7. The van der Waals surface area contributed by atoms with E-state index < -0.39 is 49.5 Å². The van der Waals surface area contributed by atoms with Crippen LogP contribution in [0.1, 0.15) is 213 Å². The van der Waals surface area contributed by atoms with Crippen molar-refractivity contribution in [3.05, 3.63) is 97.2 Å². The quantitative estimate of drug-likeness (QED) is 0.0261. The molecule has 0 aliphatic carbocycles. The van der Waals surface area contributed by atoms with E-state index in [1.165, 1.54) is 116 Å². The molecule has 7 unspecified atom stereocenters. The van der Waals surface area contributed by atoms with Gasteiger partial charge in [-0.2, -0.15) is 0 Å². The Kier molecular flexibility index (Phi) is 44.3. The van der Waals surface area contributed by atoms with Gasteiger partial charge in [0.15, 0.2) is 6.29 Å². The van der Waals surface area contributed by atoms with Crippen LogP contribution in [-0.2, 0) is 14.3 Å². The first kappa shape index (κ1) is 63.1. The highest BCUT2D eigenvalue weighted by Crippen LogP contribution is 2.23. The summed E-state index contributed by atoms with van der Waals surface area (Å²) >= 11 is 0. The van der Waals surface area contributed by atoms with Crippen molar-refractivity contribution in [1.29, 1.82) is 0 Å². The maximum absolute atomic E-state index is 13.0. The molecule has 9 nitrogen and oxygen atoms in total. The standard InChI is InChI=1S/C59H101NO8/c1-3-5-7-9-11-13-15-17-18-19-20-21-22-23-24-25-26-27-28-29-30-31-32-33-34-35-36-37-39-41-43-45-47-49-55(63)60-52(51-67-59-58(66)57(65)56(64)54(50-61)68-59)53(62)48-46-44-42-40-38-16-14-12-10-8-6-4-2/h5,7,11,13,17-18,20-21,23-24,26-27,38,40,46,48,52-54,56-59,61-62,64-66H,3-4,6,8-10,12,14-16,19,22,25,28-37,39,41-45,47,49-51H2,1-2H3,(H,60,63)/b7-5-,13-11-,18-17-,21-20-,24-23-,27-26-,40-38+,48-46+. The molecule has 0 radical (unpaired) electrons. The monoisotopic (exact) mass is 952 g/mol. The van der Waals surface area contributed by atoms with Crippen molar-refractivity contribution in [2.45, 2.75) is 256 Å². The van der Waals surface area contributed by atoms with Crippen LogP contribution in [0.2, 0.25) is 0 Å². The van der Waals surface area contributed by atoms with Gasteiger partial charge in [-0.05, 0) is 83.5 Å². The van der Waals surface area contributed by atoms with E-state index in [9.17, 15) is 30.3 Å².